The molecule has 3 aromatic rings. The standard InChI is InChI=1S/C29H29FN4O4/c1-2-25-28(38-25)34-13-11-29(18-34)10-12-33(17-29)20-15-24(26(31)35)27(32-16-20)37-22-8-6-21(7-9-22)36-23-5-3-4-19(30)14-23/h2-9,14-16,25,28H,1,10-13,17-18H2,(H2,31,35). The summed E-state index contributed by atoms with van der Waals surface area (Å²) >= 11 is 0. The summed E-state index contributed by atoms with van der Waals surface area (Å²) in [6.07, 6.45) is 6.10. The van der Waals surface area contributed by atoms with Crippen LogP contribution in [0.15, 0.2) is 73.4 Å². The minimum absolute atomic E-state index is 0.141. The Hall–Kier alpha value is -3.95. The molecule has 1 spiro atoms. The molecule has 8 nitrogen and oxygen atoms in total. The van der Waals surface area contributed by atoms with E-state index in [4.69, 9.17) is 19.9 Å². The van der Waals surface area contributed by atoms with Crippen LogP contribution in [0.3, 0.4) is 0 Å². The number of likely N-dealkylation sites (tertiary alicyclic amines) is 1. The summed E-state index contributed by atoms with van der Waals surface area (Å²) in [5.41, 5.74) is 6.98. The van der Waals surface area contributed by atoms with Crippen molar-refractivity contribution < 1.29 is 23.4 Å². The van der Waals surface area contributed by atoms with E-state index < -0.39 is 5.91 Å². The average Bonchev–Trinajstić information content (AvgIpc) is 3.42. The summed E-state index contributed by atoms with van der Waals surface area (Å²) in [6, 6.07) is 14.4. The minimum Gasteiger partial charge on any atom is -0.457 e. The number of amides is 1. The molecule has 3 aliphatic heterocycles. The van der Waals surface area contributed by atoms with Crippen LogP contribution in [0.25, 0.3) is 0 Å². The number of primary amides is 1. The number of nitrogens with zero attached hydrogens (tertiary/aromatic N) is 3. The van der Waals surface area contributed by atoms with Gasteiger partial charge in [-0.2, -0.15) is 0 Å². The van der Waals surface area contributed by atoms with E-state index in [0.29, 0.717) is 17.2 Å². The quantitative estimate of drug-likeness (QED) is 0.342. The van der Waals surface area contributed by atoms with Crippen LogP contribution in [-0.2, 0) is 4.74 Å². The summed E-state index contributed by atoms with van der Waals surface area (Å²) in [4.78, 5) is 21.4. The Kier molecular flexibility index (Phi) is 6.25. The molecule has 0 bridgehead atoms. The molecule has 196 valence electrons. The van der Waals surface area contributed by atoms with Crippen molar-refractivity contribution in [2.24, 2.45) is 11.1 Å². The Bertz CT molecular complexity index is 1370. The molecule has 4 heterocycles. The van der Waals surface area contributed by atoms with Crippen LogP contribution < -0.4 is 20.1 Å². The summed E-state index contributed by atoms with van der Waals surface area (Å²) in [5.74, 6) is 0.529. The highest BCUT2D eigenvalue weighted by Crippen LogP contribution is 2.44. The Morgan fingerprint density at radius 1 is 1.08 bits per heavy atom. The zero-order valence-electron chi connectivity index (χ0n) is 20.9. The number of hydrogen-bond donors (Lipinski definition) is 1. The smallest absolute Gasteiger partial charge is 0.254 e. The van der Waals surface area contributed by atoms with Gasteiger partial charge in [-0.05, 0) is 55.3 Å². The Balaban J connectivity index is 1.12. The molecule has 1 aromatic heterocycles. The molecule has 38 heavy (non-hydrogen) atoms. The molecule has 6 rings (SSSR count). The van der Waals surface area contributed by atoms with Gasteiger partial charge in [0.05, 0.1) is 11.9 Å². The monoisotopic (exact) mass is 516 g/mol. The third kappa shape index (κ3) is 4.94. The molecule has 3 saturated heterocycles. The molecule has 3 fully saturated rings. The molecule has 0 radical (unpaired) electrons. The van der Waals surface area contributed by atoms with Gasteiger partial charge in [0, 0.05) is 37.7 Å². The number of ether oxygens (including phenoxy) is 3. The van der Waals surface area contributed by atoms with Gasteiger partial charge in [0.2, 0.25) is 5.88 Å². The number of halogens is 1. The molecule has 1 amide bonds. The zero-order chi connectivity index (χ0) is 26.3. The molecular weight excluding hydrogens is 487 g/mol. The first-order chi connectivity index (χ1) is 18.4. The molecule has 3 aliphatic rings. The zero-order valence-corrected chi connectivity index (χ0v) is 20.9. The fraction of sp³-hybridized carbons (Fsp3) is 0.310. The molecule has 0 aliphatic carbocycles. The molecule has 2 aromatic carbocycles. The summed E-state index contributed by atoms with van der Waals surface area (Å²) in [6.45, 7) is 7.62. The number of epoxide rings is 1. The SMILES string of the molecule is C=CC1OC1N1CCC2(CCN(c3cnc(Oc4ccc(Oc5cccc(F)c5)cc4)c(C(N)=O)c3)C2)C1. The lowest BCUT2D eigenvalue weighted by Gasteiger charge is -2.25. The van der Waals surface area contributed by atoms with Gasteiger partial charge in [-0.3, -0.25) is 9.69 Å². The maximum absolute atomic E-state index is 13.4. The molecule has 3 atom stereocenters. The second-order valence-corrected chi connectivity index (χ2v) is 10.2. The average molecular weight is 517 g/mol. The van der Waals surface area contributed by atoms with Crippen molar-refractivity contribution in [3.05, 3.63) is 84.8 Å². The van der Waals surface area contributed by atoms with Crippen LogP contribution in [0.5, 0.6) is 23.1 Å². The first-order valence-electron chi connectivity index (χ1n) is 12.7. The molecular formula is C29H29FN4O4. The third-order valence-electron chi connectivity index (χ3n) is 7.54. The number of anilines is 1. The lowest BCUT2D eigenvalue weighted by atomic mass is 9.86. The van der Waals surface area contributed by atoms with E-state index in [0.717, 1.165) is 44.7 Å². The maximum Gasteiger partial charge on any atom is 0.254 e. The van der Waals surface area contributed by atoms with E-state index in [1.165, 1.54) is 12.1 Å². The third-order valence-corrected chi connectivity index (χ3v) is 7.54. The summed E-state index contributed by atoms with van der Waals surface area (Å²) < 4.78 is 30.7. The molecule has 0 saturated carbocycles. The predicted octanol–water partition coefficient (Wildman–Crippen LogP) is 4.72. The van der Waals surface area contributed by atoms with E-state index >= 15 is 0 Å². The first-order valence-corrected chi connectivity index (χ1v) is 12.7. The van der Waals surface area contributed by atoms with Crippen LogP contribution >= 0.6 is 0 Å². The number of hydrogen-bond acceptors (Lipinski definition) is 7. The lowest BCUT2D eigenvalue weighted by molar-refractivity contribution is 0.0997. The van der Waals surface area contributed by atoms with E-state index in [1.54, 1.807) is 48.7 Å². The highest BCUT2D eigenvalue weighted by molar-refractivity contribution is 5.96. The number of nitrogens with two attached hydrogens (primary N) is 1. The van der Waals surface area contributed by atoms with Gasteiger partial charge < -0.3 is 24.8 Å². The van der Waals surface area contributed by atoms with Crippen molar-refractivity contribution in [1.82, 2.24) is 9.88 Å². The van der Waals surface area contributed by atoms with Gasteiger partial charge >= 0.3 is 0 Å². The van der Waals surface area contributed by atoms with Gasteiger partial charge in [-0.15, -0.1) is 6.58 Å². The van der Waals surface area contributed by atoms with Crippen LogP contribution in [0, 0.1) is 11.2 Å². The molecule has 9 heteroatoms. The second kappa shape index (κ2) is 9.74. The van der Waals surface area contributed by atoms with Gasteiger partial charge in [0.1, 0.15) is 41.0 Å². The van der Waals surface area contributed by atoms with E-state index in [1.807, 2.05) is 6.08 Å². The fourth-order valence-electron chi connectivity index (χ4n) is 5.48. The highest BCUT2D eigenvalue weighted by Gasteiger charge is 2.50. The summed E-state index contributed by atoms with van der Waals surface area (Å²) in [7, 11) is 0. The van der Waals surface area contributed by atoms with Gasteiger partial charge in [0.25, 0.3) is 5.91 Å². The van der Waals surface area contributed by atoms with Crippen LogP contribution in [0.4, 0.5) is 10.1 Å². The number of aromatic nitrogens is 1. The number of rotatable bonds is 8. The van der Waals surface area contributed by atoms with Crippen molar-refractivity contribution >= 4 is 11.6 Å². The van der Waals surface area contributed by atoms with Crippen LogP contribution in [-0.4, -0.2) is 54.3 Å². The van der Waals surface area contributed by atoms with Gasteiger partial charge in [-0.1, -0.05) is 12.1 Å². The van der Waals surface area contributed by atoms with Crippen molar-refractivity contribution in [2.45, 2.75) is 25.2 Å². The Labute approximate surface area is 220 Å². The van der Waals surface area contributed by atoms with Crippen LogP contribution in [0.1, 0.15) is 23.2 Å². The van der Waals surface area contributed by atoms with Crippen molar-refractivity contribution in [2.75, 3.05) is 31.1 Å². The lowest BCUT2D eigenvalue weighted by Crippen LogP contribution is -2.32. The van der Waals surface area contributed by atoms with Crippen molar-refractivity contribution in [3.8, 4) is 23.1 Å². The molecule has 2 N–H and O–H groups in total. The minimum atomic E-state index is -0.609. The van der Waals surface area contributed by atoms with Crippen molar-refractivity contribution in [3.63, 3.8) is 0 Å². The number of pyridine rings is 1. The largest absolute Gasteiger partial charge is 0.457 e. The normalized spacial score (nSPS) is 24.5. The van der Waals surface area contributed by atoms with Gasteiger partial charge in [-0.25, -0.2) is 9.37 Å². The first kappa shape index (κ1) is 24.4. The topological polar surface area (TPSA) is 93.4 Å². The highest BCUT2D eigenvalue weighted by atomic mass is 19.1. The van der Waals surface area contributed by atoms with Gasteiger partial charge in [0.15, 0.2) is 0 Å². The number of benzene rings is 2. The Morgan fingerprint density at radius 3 is 2.55 bits per heavy atom. The van der Waals surface area contributed by atoms with E-state index in [2.05, 4.69) is 21.4 Å². The number of carbonyl (C=O) groups excluding carboxylic acids is 1. The fourth-order valence-corrected chi connectivity index (χ4v) is 5.48. The van der Waals surface area contributed by atoms with E-state index in [-0.39, 0.29) is 35.0 Å². The van der Waals surface area contributed by atoms with Crippen LogP contribution in [0.2, 0.25) is 0 Å². The second-order valence-electron chi connectivity index (χ2n) is 10.2. The van der Waals surface area contributed by atoms with Crippen molar-refractivity contribution in [1.29, 1.82) is 0 Å². The predicted molar refractivity (Wildman–Crippen MR) is 140 cm³/mol. The van der Waals surface area contributed by atoms with E-state index in [9.17, 15) is 9.18 Å². The number of carbonyl (C=O) groups is 1. The summed E-state index contributed by atoms with van der Waals surface area (Å²) in [5, 5.41) is 0. The molecule has 3 unspecified atom stereocenters. The maximum atomic E-state index is 13.4. The Morgan fingerprint density at radius 2 is 1.84 bits per heavy atom.